The van der Waals surface area contributed by atoms with Crippen LogP contribution in [0.1, 0.15) is 23.0 Å². The summed E-state index contributed by atoms with van der Waals surface area (Å²) in [6, 6.07) is 4.22. The van der Waals surface area contributed by atoms with E-state index >= 15 is 0 Å². The monoisotopic (exact) mass is 458 g/mol. The zero-order chi connectivity index (χ0) is 21.0. The second kappa shape index (κ2) is 7.84. The number of hydrogen-bond acceptors (Lipinski definition) is 5. The summed E-state index contributed by atoms with van der Waals surface area (Å²) in [4.78, 5) is 12.9. The van der Waals surface area contributed by atoms with E-state index in [1.807, 2.05) is 6.92 Å². The molecule has 0 aliphatic carbocycles. The zero-order valence-corrected chi connectivity index (χ0v) is 18.4. The summed E-state index contributed by atoms with van der Waals surface area (Å²) in [5.74, 6) is -0.977. The number of sulfonamides is 1. The molecule has 2 aliphatic heterocycles. The van der Waals surface area contributed by atoms with Crippen LogP contribution in [0.2, 0.25) is 0 Å². The number of hydrogen-bond donors (Lipinski definition) is 3. The van der Waals surface area contributed by atoms with Crippen molar-refractivity contribution in [2.24, 2.45) is 13.0 Å². The highest BCUT2D eigenvalue weighted by atomic mass is 35.5. The molecule has 1 aromatic heterocycles. The van der Waals surface area contributed by atoms with Gasteiger partial charge in [-0.25, -0.2) is 17.5 Å². The highest BCUT2D eigenvalue weighted by Gasteiger charge is 2.46. The van der Waals surface area contributed by atoms with E-state index in [4.69, 9.17) is 4.74 Å². The van der Waals surface area contributed by atoms with Gasteiger partial charge in [-0.3, -0.25) is 4.79 Å². The van der Waals surface area contributed by atoms with Crippen LogP contribution in [-0.2, 0) is 17.1 Å². The summed E-state index contributed by atoms with van der Waals surface area (Å²) < 4.78 is 49.6. The molecule has 1 saturated heterocycles. The molecule has 0 spiro atoms. The lowest BCUT2D eigenvalue weighted by atomic mass is 9.91. The van der Waals surface area contributed by atoms with Gasteiger partial charge in [-0.1, -0.05) is 0 Å². The number of halogens is 2. The molecule has 0 radical (unpaired) electrons. The van der Waals surface area contributed by atoms with Crippen LogP contribution in [0.4, 0.5) is 10.1 Å². The van der Waals surface area contributed by atoms with Crippen LogP contribution in [0.25, 0.3) is 0 Å². The van der Waals surface area contributed by atoms with Crippen LogP contribution in [0.15, 0.2) is 29.3 Å². The van der Waals surface area contributed by atoms with Gasteiger partial charge >= 0.3 is 0 Å². The standard InChI is InChI=1S/C19H23FN4O4S.ClH/c1-11-6-13(4-5-14(11)20)22-18(25)16-17-15(8-24(16)3)29(26,27)23-19(2)10-21-7-12(19)9-28-17;/h4-6,8,12,21,23H,7,9-10H2,1-3H3,(H,22,25);1H/t12-,19-;/m1./s1. The maximum absolute atomic E-state index is 13.5. The van der Waals surface area contributed by atoms with E-state index in [2.05, 4.69) is 15.4 Å². The van der Waals surface area contributed by atoms with Gasteiger partial charge in [0.1, 0.15) is 10.7 Å². The van der Waals surface area contributed by atoms with Crippen molar-refractivity contribution in [1.29, 1.82) is 0 Å². The van der Waals surface area contributed by atoms with Crippen LogP contribution >= 0.6 is 12.4 Å². The number of nitrogens with one attached hydrogen (secondary N) is 3. The van der Waals surface area contributed by atoms with Crippen molar-refractivity contribution < 1.29 is 22.3 Å². The van der Waals surface area contributed by atoms with Crippen LogP contribution < -0.4 is 20.1 Å². The van der Waals surface area contributed by atoms with Crippen molar-refractivity contribution in [3.8, 4) is 5.75 Å². The Balaban J connectivity index is 0.00000256. The fourth-order valence-electron chi connectivity index (χ4n) is 3.87. The van der Waals surface area contributed by atoms with E-state index in [0.29, 0.717) is 24.3 Å². The van der Waals surface area contributed by atoms with Crippen LogP contribution in [0, 0.1) is 18.7 Å². The predicted octanol–water partition coefficient (Wildman–Crippen LogP) is 1.80. The third kappa shape index (κ3) is 3.80. The molecule has 0 unspecified atom stereocenters. The molecule has 0 saturated carbocycles. The van der Waals surface area contributed by atoms with Crippen LogP contribution in [-0.4, -0.2) is 44.1 Å². The van der Waals surface area contributed by atoms with E-state index < -0.39 is 21.5 Å². The molecule has 1 fully saturated rings. The average Bonchev–Trinajstić information content (AvgIpc) is 3.14. The van der Waals surface area contributed by atoms with Crippen molar-refractivity contribution in [2.45, 2.75) is 24.3 Å². The molecule has 0 bridgehead atoms. The summed E-state index contributed by atoms with van der Waals surface area (Å²) in [6.45, 7) is 4.81. The van der Waals surface area contributed by atoms with Crippen molar-refractivity contribution in [1.82, 2.24) is 14.6 Å². The fourth-order valence-corrected chi connectivity index (χ4v) is 5.53. The van der Waals surface area contributed by atoms with E-state index in [1.54, 1.807) is 14.0 Å². The molecule has 3 N–H and O–H groups in total. The first-order valence-electron chi connectivity index (χ1n) is 9.25. The molecule has 1 amide bonds. The molecule has 4 rings (SSSR count). The Bertz CT molecular complexity index is 1100. The van der Waals surface area contributed by atoms with Crippen LogP contribution in [0.3, 0.4) is 0 Å². The second-order valence-electron chi connectivity index (χ2n) is 7.86. The topological polar surface area (TPSA) is 101 Å². The molecule has 164 valence electrons. The number of aryl methyl sites for hydroxylation is 2. The number of carbonyl (C=O) groups excluding carboxylic acids is 1. The van der Waals surface area contributed by atoms with Crippen molar-refractivity contribution in [3.05, 3.63) is 41.5 Å². The zero-order valence-electron chi connectivity index (χ0n) is 16.8. The number of rotatable bonds is 2. The highest BCUT2D eigenvalue weighted by molar-refractivity contribution is 7.89. The fraction of sp³-hybridized carbons (Fsp3) is 0.421. The van der Waals surface area contributed by atoms with Crippen molar-refractivity contribution >= 4 is 34.0 Å². The maximum Gasteiger partial charge on any atom is 0.276 e. The first-order chi connectivity index (χ1) is 13.6. The summed E-state index contributed by atoms with van der Waals surface area (Å²) in [6.07, 6.45) is 1.37. The SMILES string of the molecule is Cc1cc(NC(=O)c2c3c(cn2C)S(=O)(=O)N[C@]2(C)CNC[C@@H]2CO3)ccc1F.Cl. The maximum atomic E-state index is 13.5. The Hall–Kier alpha value is -2.14. The lowest BCUT2D eigenvalue weighted by molar-refractivity contribution is 0.101. The van der Waals surface area contributed by atoms with Gasteiger partial charge in [0, 0.05) is 43.5 Å². The Labute approximate surface area is 180 Å². The third-order valence-corrected chi connectivity index (χ3v) is 7.21. The lowest BCUT2D eigenvalue weighted by Gasteiger charge is -2.33. The molecule has 8 nitrogen and oxygen atoms in total. The molecule has 2 aliphatic rings. The van der Waals surface area contributed by atoms with Gasteiger partial charge in [0.25, 0.3) is 5.91 Å². The van der Waals surface area contributed by atoms with Gasteiger partial charge in [-0.2, -0.15) is 0 Å². The smallest absolute Gasteiger partial charge is 0.276 e. The minimum Gasteiger partial charge on any atom is -0.489 e. The van der Waals surface area contributed by atoms with Gasteiger partial charge < -0.3 is 19.9 Å². The van der Waals surface area contributed by atoms with Gasteiger partial charge in [-0.15, -0.1) is 12.4 Å². The van der Waals surface area contributed by atoms with Gasteiger partial charge in [0.2, 0.25) is 10.0 Å². The van der Waals surface area contributed by atoms with Crippen molar-refractivity contribution in [2.75, 3.05) is 25.0 Å². The van der Waals surface area contributed by atoms with Gasteiger partial charge in [0.05, 0.1) is 6.61 Å². The number of carbonyl (C=O) groups is 1. The summed E-state index contributed by atoms with van der Waals surface area (Å²) >= 11 is 0. The minimum absolute atomic E-state index is 0. The molecule has 2 atom stereocenters. The second-order valence-corrected chi connectivity index (χ2v) is 9.51. The molecule has 11 heteroatoms. The number of fused-ring (bicyclic) bond motifs is 2. The number of ether oxygens (including phenoxy) is 1. The Morgan fingerprint density at radius 2 is 2.13 bits per heavy atom. The first kappa shape index (κ1) is 22.5. The van der Waals surface area contributed by atoms with E-state index in [1.165, 1.54) is 29.0 Å². The van der Waals surface area contributed by atoms with Crippen molar-refractivity contribution in [3.63, 3.8) is 0 Å². The Kier molecular flexibility index (Phi) is 5.89. The Morgan fingerprint density at radius 1 is 1.40 bits per heavy atom. The number of anilines is 1. The molecular weight excluding hydrogens is 435 g/mol. The molecular formula is C19H24ClFN4O4S. The molecule has 3 heterocycles. The number of benzene rings is 1. The van der Waals surface area contributed by atoms with Crippen LogP contribution in [0.5, 0.6) is 5.75 Å². The Morgan fingerprint density at radius 3 is 2.83 bits per heavy atom. The normalized spacial score (nSPS) is 24.5. The van der Waals surface area contributed by atoms with E-state index in [9.17, 15) is 17.6 Å². The molecule has 2 aromatic rings. The lowest BCUT2D eigenvalue weighted by Crippen LogP contribution is -2.54. The van der Waals surface area contributed by atoms with E-state index in [0.717, 1.165) is 0 Å². The first-order valence-corrected chi connectivity index (χ1v) is 10.7. The quantitative estimate of drug-likeness (QED) is 0.637. The number of amides is 1. The predicted molar refractivity (Wildman–Crippen MR) is 112 cm³/mol. The third-order valence-electron chi connectivity index (χ3n) is 5.60. The summed E-state index contributed by atoms with van der Waals surface area (Å²) in [5, 5.41) is 5.87. The molecule has 30 heavy (non-hydrogen) atoms. The van der Waals surface area contributed by atoms with E-state index in [-0.39, 0.29) is 47.1 Å². The summed E-state index contributed by atoms with van der Waals surface area (Å²) in [5.41, 5.74) is 0.214. The van der Waals surface area contributed by atoms with Gasteiger partial charge in [0.15, 0.2) is 11.4 Å². The minimum atomic E-state index is -3.90. The average molecular weight is 459 g/mol. The molecule has 1 aromatic carbocycles. The highest BCUT2D eigenvalue weighted by Crippen LogP contribution is 2.36. The van der Waals surface area contributed by atoms with Gasteiger partial charge in [-0.05, 0) is 37.6 Å². The number of aromatic nitrogens is 1. The number of nitrogens with zero attached hydrogens (tertiary/aromatic N) is 1. The summed E-state index contributed by atoms with van der Waals surface area (Å²) in [7, 11) is -2.32. The largest absolute Gasteiger partial charge is 0.489 e.